The van der Waals surface area contributed by atoms with Crippen molar-refractivity contribution in [3.8, 4) is 0 Å². The average Bonchev–Trinajstić information content (AvgIpc) is 2.98. The molecule has 0 spiro atoms. The number of piperazine rings is 1. The van der Waals surface area contributed by atoms with E-state index in [1.165, 1.54) is 0 Å². The van der Waals surface area contributed by atoms with E-state index in [0.29, 0.717) is 5.92 Å². The number of aliphatic hydroxyl groups excluding tert-OH is 1. The van der Waals surface area contributed by atoms with Crippen LogP contribution in [-0.4, -0.2) is 69.1 Å². The first-order valence-electron chi connectivity index (χ1n) is 9.92. The lowest BCUT2D eigenvalue weighted by Crippen LogP contribution is -2.47. The molecule has 0 bridgehead atoms. The molecule has 0 saturated carbocycles. The van der Waals surface area contributed by atoms with Crippen LogP contribution in [0.4, 0.5) is 5.82 Å². The summed E-state index contributed by atoms with van der Waals surface area (Å²) in [5.74, 6) is 1.57. The molecular weight excluding hydrogens is 328 g/mol. The molecule has 1 N–H and O–H groups in total. The number of aliphatic hydroxyl groups is 1. The van der Waals surface area contributed by atoms with Gasteiger partial charge in [0.2, 0.25) is 0 Å². The van der Waals surface area contributed by atoms with Gasteiger partial charge in [-0.15, -0.1) is 0 Å². The Balaban J connectivity index is 1.93. The molecule has 0 unspecified atom stereocenters. The lowest BCUT2D eigenvalue weighted by atomic mass is 10.1. The van der Waals surface area contributed by atoms with Crippen LogP contribution in [0.25, 0.3) is 11.0 Å². The lowest BCUT2D eigenvalue weighted by Gasteiger charge is -2.35. The van der Waals surface area contributed by atoms with Crippen LogP contribution in [0.3, 0.4) is 0 Å². The molecule has 1 aliphatic rings. The lowest BCUT2D eigenvalue weighted by molar-refractivity contribution is 0.188. The Morgan fingerprint density at radius 1 is 1.12 bits per heavy atom. The van der Waals surface area contributed by atoms with Gasteiger partial charge in [-0.1, -0.05) is 27.2 Å². The Morgan fingerprint density at radius 2 is 1.88 bits per heavy atom. The van der Waals surface area contributed by atoms with Gasteiger partial charge in [0, 0.05) is 39.3 Å². The molecule has 2 aromatic heterocycles. The first-order chi connectivity index (χ1) is 12.6. The van der Waals surface area contributed by atoms with Crippen LogP contribution in [0.5, 0.6) is 0 Å². The smallest absolute Gasteiger partial charge is 0.163 e. The van der Waals surface area contributed by atoms with Gasteiger partial charge in [0.25, 0.3) is 0 Å². The third-order valence-corrected chi connectivity index (χ3v) is 4.99. The van der Waals surface area contributed by atoms with E-state index in [1.54, 1.807) is 6.33 Å². The number of aryl methyl sites for hydroxylation is 1. The second-order valence-electron chi connectivity index (χ2n) is 7.57. The van der Waals surface area contributed by atoms with E-state index in [2.05, 4.69) is 45.2 Å². The first-order valence-corrected chi connectivity index (χ1v) is 9.92. The zero-order valence-electron chi connectivity index (χ0n) is 16.4. The van der Waals surface area contributed by atoms with Crippen LogP contribution in [0.1, 0.15) is 39.3 Å². The van der Waals surface area contributed by atoms with E-state index < -0.39 is 0 Å². The van der Waals surface area contributed by atoms with Gasteiger partial charge >= 0.3 is 0 Å². The summed E-state index contributed by atoms with van der Waals surface area (Å²) < 4.78 is 2.07. The zero-order valence-corrected chi connectivity index (χ0v) is 16.4. The number of rotatable bonds is 8. The molecule has 7 heteroatoms. The van der Waals surface area contributed by atoms with Crippen LogP contribution in [-0.2, 0) is 13.0 Å². The highest BCUT2D eigenvalue weighted by Gasteiger charge is 2.24. The molecule has 2 aromatic rings. The number of fused-ring (bicyclic) bond motifs is 1. The van der Waals surface area contributed by atoms with Crippen molar-refractivity contribution in [3.05, 3.63) is 12.0 Å². The highest BCUT2D eigenvalue weighted by Crippen LogP contribution is 2.29. The van der Waals surface area contributed by atoms with Crippen LogP contribution >= 0.6 is 0 Å². The maximum absolute atomic E-state index is 9.15. The van der Waals surface area contributed by atoms with Crippen molar-refractivity contribution in [2.45, 2.75) is 46.6 Å². The van der Waals surface area contributed by atoms with E-state index in [9.17, 15) is 0 Å². The number of hydrogen-bond acceptors (Lipinski definition) is 6. The molecular formula is C19H32N6O. The molecule has 144 valence electrons. The van der Waals surface area contributed by atoms with Gasteiger partial charge in [-0.25, -0.2) is 14.6 Å². The maximum Gasteiger partial charge on any atom is 0.163 e. The molecule has 1 fully saturated rings. The van der Waals surface area contributed by atoms with Crippen molar-refractivity contribution in [1.29, 1.82) is 0 Å². The normalized spacial score (nSPS) is 16.1. The minimum absolute atomic E-state index is 0.223. The summed E-state index contributed by atoms with van der Waals surface area (Å²) in [5.41, 5.74) is 2.09. The molecule has 1 aliphatic heterocycles. The maximum atomic E-state index is 9.15. The van der Waals surface area contributed by atoms with E-state index in [0.717, 1.165) is 81.1 Å². The Bertz CT molecular complexity index is 705. The van der Waals surface area contributed by atoms with Crippen molar-refractivity contribution < 1.29 is 5.11 Å². The summed E-state index contributed by atoms with van der Waals surface area (Å²) >= 11 is 0. The fourth-order valence-electron chi connectivity index (χ4n) is 3.62. The summed E-state index contributed by atoms with van der Waals surface area (Å²) in [4.78, 5) is 13.9. The molecule has 0 radical (unpaired) electrons. The van der Waals surface area contributed by atoms with Gasteiger partial charge < -0.3 is 10.0 Å². The number of unbranched alkanes of at least 4 members (excludes halogenated alkanes) is 1. The molecule has 3 heterocycles. The van der Waals surface area contributed by atoms with E-state index in [4.69, 9.17) is 10.2 Å². The fraction of sp³-hybridized carbons (Fsp3) is 0.737. The second-order valence-corrected chi connectivity index (χ2v) is 7.57. The van der Waals surface area contributed by atoms with E-state index in [-0.39, 0.29) is 6.61 Å². The summed E-state index contributed by atoms with van der Waals surface area (Å²) in [5, 5.41) is 15.2. The number of hydrogen-bond donors (Lipinski definition) is 1. The Kier molecular flexibility index (Phi) is 6.43. The van der Waals surface area contributed by atoms with E-state index >= 15 is 0 Å². The van der Waals surface area contributed by atoms with Crippen LogP contribution in [0, 0.1) is 5.92 Å². The Morgan fingerprint density at radius 3 is 2.54 bits per heavy atom. The average molecular weight is 361 g/mol. The summed E-state index contributed by atoms with van der Waals surface area (Å²) in [7, 11) is 0. The minimum Gasteiger partial charge on any atom is -0.395 e. The fourth-order valence-corrected chi connectivity index (χ4v) is 3.62. The molecule has 1 saturated heterocycles. The number of aromatic nitrogens is 4. The first kappa shape index (κ1) is 19.0. The van der Waals surface area contributed by atoms with Crippen molar-refractivity contribution in [2.75, 3.05) is 44.2 Å². The Labute approximate surface area is 156 Å². The number of β-amino-alcohol motifs (C(OH)–C–C–N with tert-alkyl or cyclic N) is 1. The van der Waals surface area contributed by atoms with Crippen LogP contribution in [0.2, 0.25) is 0 Å². The quantitative estimate of drug-likeness (QED) is 0.776. The molecule has 0 aromatic carbocycles. The van der Waals surface area contributed by atoms with Gasteiger partial charge in [-0.05, 0) is 18.8 Å². The summed E-state index contributed by atoms with van der Waals surface area (Å²) in [6.45, 7) is 12.3. The predicted octanol–water partition coefficient (Wildman–Crippen LogP) is 1.94. The third-order valence-electron chi connectivity index (χ3n) is 4.99. The zero-order chi connectivity index (χ0) is 18.5. The standard InChI is InChI=1S/C19H32N6O/c1-4-5-6-25-19-17(16(22-25)13-15(2)3)18(20-14-21-19)24-9-7-23(8-10-24)11-12-26/h14-15,26H,4-13H2,1-3H3. The van der Waals surface area contributed by atoms with Crippen molar-refractivity contribution in [1.82, 2.24) is 24.6 Å². The molecule has 0 amide bonds. The molecule has 3 rings (SSSR count). The highest BCUT2D eigenvalue weighted by atomic mass is 16.3. The van der Waals surface area contributed by atoms with Gasteiger partial charge in [0.15, 0.2) is 5.65 Å². The topological polar surface area (TPSA) is 70.3 Å². The Hall–Kier alpha value is -1.73. The van der Waals surface area contributed by atoms with Gasteiger partial charge in [0.1, 0.15) is 12.1 Å². The molecule has 0 aliphatic carbocycles. The van der Waals surface area contributed by atoms with Gasteiger partial charge in [-0.3, -0.25) is 4.90 Å². The number of anilines is 1. The van der Waals surface area contributed by atoms with Crippen LogP contribution < -0.4 is 4.90 Å². The molecule has 0 atom stereocenters. The summed E-state index contributed by atoms with van der Waals surface area (Å²) in [6.07, 6.45) is 4.88. The monoisotopic (exact) mass is 360 g/mol. The SMILES string of the molecule is CCCCn1nc(CC(C)C)c2c(N3CCN(CCO)CC3)ncnc21. The van der Waals surface area contributed by atoms with Crippen LogP contribution in [0.15, 0.2) is 6.33 Å². The van der Waals surface area contributed by atoms with Crippen molar-refractivity contribution >= 4 is 16.9 Å². The molecule has 7 nitrogen and oxygen atoms in total. The van der Waals surface area contributed by atoms with E-state index in [1.807, 2.05) is 0 Å². The predicted molar refractivity (Wildman–Crippen MR) is 105 cm³/mol. The second kappa shape index (κ2) is 8.77. The third kappa shape index (κ3) is 4.15. The number of nitrogens with zero attached hydrogens (tertiary/aromatic N) is 6. The summed E-state index contributed by atoms with van der Waals surface area (Å²) in [6, 6.07) is 0. The van der Waals surface area contributed by atoms with Gasteiger partial charge in [0.05, 0.1) is 17.7 Å². The van der Waals surface area contributed by atoms with Gasteiger partial charge in [-0.2, -0.15) is 5.10 Å². The molecule has 26 heavy (non-hydrogen) atoms. The van der Waals surface area contributed by atoms with Crippen molar-refractivity contribution in [3.63, 3.8) is 0 Å². The largest absolute Gasteiger partial charge is 0.395 e. The minimum atomic E-state index is 0.223. The highest BCUT2D eigenvalue weighted by molar-refractivity contribution is 5.90. The van der Waals surface area contributed by atoms with Crippen molar-refractivity contribution in [2.24, 2.45) is 5.92 Å².